The third kappa shape index (κ3) is 1.91. The number of nitrogens with one attached hydrogen (secondary N) is 1. The minimum Gasteiger partial charge on any atom is -0.496 e. The molecule has 0 aliphatic heterocycles. The lowest BCUT2D eigenvalue weighted by atomic mass is 10.1. The molecular formula is C15H12BrNO. The Bertz CT molecular complexity index is 703. The van der Waals surface area contributed by atoms with Gasteiger partial charge in [-0.2, -0.15) is 0 Å². The van der Waals surface area contributed by atoms with Crippen LogP contribution >= 0.6 is 15.9 Å². The van der Waals surface area contributed by atoms with Crippen molar-refractivity contribution < 1.29 is 4.74 Å². The molecule has 0 amide bonds. The molecule has 90 valence electrons. The standard InChI is InChI=1S/C15H12BrNO/c1-18-15-7-3-6-13-12(15)9-14(17-13)10-4-2-5-11(16)8-10/h2-9,17H,1H3. The molecule has 0 atom stereocenters. The molecule has 0 bridgehead atoms. The Labute approximate surface area is 114 Å². The summed E-state index contributed by atoms with van der Waals surface area (Å²) in [6, 6.07) is 16.4. The van der Waals surface area contributed by atoms with Crippen LogP contribution in [0.1, 0.15) is 0 Å². The lowest BCUT2D eigenvalue weighted by Gasteiger charge is -1.99. The van der Waals surface area contributed by atoms with Crippen molar-refractivity contribution in [2.45, 2.75) is 0 Å². The van der Waals surface area contributed by atoms with Gasteiger partial charge in [0.25, 0.3) is 0 Å². The number of H-pyrrole nitrogens is 1. The van der Waals surface area contributed by atoms with E-state index in [0.29, 0.717) is 0 Å². The molecule has 0 aliphatic rings. The number of ether oxygens (including phenoxy) is 1. The van der Waals surface area contributed by atoms with E-state index >= 15 is 0 Å². The molecule has 0 aliphatic carbocycles. The maximum atomic E-state index is 5.37. The van der Waals surface area contributed by atoms with Crippen molar-refractivity contribution in [3.05, 3.63) is 53.0 Å². The van der Waals surface area contributed by atoms with Crippen molar-refractivity contribution in [2.75, 3.05) is 7.11 Å². The van der Waals surface area contributed by atoms with Crippen LogP contribution in [0.4, 0.5) is 0 Å². The Hall–Kier alpha value is -1.74. The number of hydrogen-bond acceptors (Lipinski definition) is 1. The van der Waals surface area contributed by atoms with E-state index in [-0.39, 0.29) is 0 Å². The van der Waals surface area contributed by atoms with E-state index in [2.05, 4.69) is 45.2 Å². The molecule has 2 aromatic carbocycles. The molecule has 0 saturated heterocycles. The van der Waals surface area contributed by atoms with Crippen LogP contribution in [0.2, 0.25) is 0 Å². The molecule has 2 nitrogen and oxygen atoms in total. The lowest BCUT2D eigenvalue weighted by Crippen LogP contribution is -1.81. The predicted octanol–water partition coefficient (Wildman–Crippen LogP) is 4.61. The highest BCUT2D eigenvalue weighted by Gasteiger charge is 2.07. The topological polar surface area (TPSA) is 25.0 Å². The van der Waals surface area contributed by atoms with E-state index in [1.54, 1.807) is 7.11 Å². The Morgan fingerprint density at radius 2 is 1.89 bits per heavy atom. The van der Waals surface area contributed by atoms with Gasteiger partial charge < -0.3 is 9.72 Å². The Morgan fingerprint density at radius 3 is 2.67 bits per heavy atom. The smallest absolute Gasteiger partial charge is 0.128 e. The normalized spacial score (nSPS) is 10.8. The fourth-order valence-electron chi connectivity index (χ4n) is 2.12. The largest absolute Gasteiger partial charge is 0.496 e. The first-order valence-corrected chi connectivity index (χ1v) is 6.49. The van der Waals surface area contributed by atoms with Gasteiger partial charge in [-0.15, -0.1) is 0 Å². The summed E-state index contributed by atoms with van der Waals surface area (Å²) >= 11 is 3.49. The maximum absolute atomic E-state index is 5.37. The molecule has 0 unspecified atom stereocenters. The fourth-order valence-corrected chi connectivity index (χ4v) is 2.52. The molecule has 0 saturated carbocycles. The Kier molecular flexibility index (Phi) is 2.84. The summed E-state index contributed by atoms with van der Waals surface area (Å²) in [5.74, 6) is 0.894. The molecule has 0 radical (unpaired) electrons. The van der Waals surface area contributed by atoms with E-state index in [0.717, 1.165) is 32.4 Å². The zero-order chi connectivity index (χ0) is 12.5. The van der Waals surface area contributed by atoms with Crippen LogP contribution in [0.3, 0.4) is 0 Å². The summed E-state index contributed by atoms with van der Waals surface area (Å²) in [7, 11) is 1.69. The molecule has 3 aromatic rings. The van der Waals surface area contributed by atoms with E-state index in [1.165, 1.54) is 0 Å². The van der Waals surface area contributed by atoms with Crippen molar-refractivity contribution in [3.63, 3.8) is 0 Å². The number of aromatic nitrogens is 1. The van der Waals surface area contributed by atoms with Gasteiger partial charge in [-0.3, -0.25) is 0 Å². The van der Waals surface area contributed by atoms with Gasteiger partial charge in [0.05, 0.1) is 7.11 Å². The van der Waals surface area contributed by atoms with Gasteiger partial charge in [-0.1, -0.05) is 34.1 Å². The van der Waals surface area contributed by atoms with Gasteiger partial charge in [-0.05, 0) is 35.9 Å². The summed E-state index contributed by atoms with van der Waals surface area (Å²) in [6.45, 7) is 0. The first-order valence-electron chi connectivity index (χ1n) is 5.69. The van der Waals surface area contributed by atoms with Crippen molar-refractivity contribution in [1.82, 2.24) is 4.98 Å². The molecule has 1 heterocycles. The maximum Gasteiger partial charge on any atom is 0.128 e. The third-order valence-electron chi connectivity index (χ3n) is 2.98. The second-order valence-electron chi connectivity index (χ2n) is 4.11. The fraction of sp³-hybridized carbons (Fsp3) is 0.0667. The number of hydrogen-bond donors (Lipinski definition) is 1. The monoisotopic (exact) mass is 301 g/mol. The summed E-state index contributed by atoms with van der Waals surface area (Å²) in [6.07, 6.45) is 0. The van der Waals surface area contributed by atoms with Crippen LogP contribution in [0.5, 0.6) is 5.75 Å². The highest BCUT2D eigenvalue weighted by Crippen LogP contribution is 2.31. The van der Waals surface area contributed by atoms with Gasteiger partial charge >= 0.3 is 0 Å². The number of aromatic amines is 1. The van der Waals surface area contributed by atoms with Gasteiger partial charge in [0, 0.05) is 21.1 Å². The quantitative estimate of drug-likeness (QED) is 0.735. The zero-order valence-electron chi connectivity index (χ0n) is 9.91. The van der Waals surface area contributed by atoms with Crippen LogP contribution in [0, 0.1) is 0 Å². The summed E-state index contributed by atoms with van der Waals surface area (Å²) in [5, 5.41) is 1.11. The third-order valence-corrected chi connectivity index (χ3v) is 3.47. The average molecular weight is 302 g/mol. The number of fused-ring (bicyclic) bond motifs is 1. The van der Waals surface area contributed by atoms with Crippen molar-refractivity contribution >= 4 is 26.8 Å². The van der Waals surface area contributed by atoms with Crippen LogP contribution in [0.25, 0.3) is 22.2 Å². The SMILES string of the molecule is COc1cccc2[nH]c(-c3cccc(Br)c3)cc12. The first kappa shape index (κ1) is 11.4. The number of methoxy groups -OCH3 is 1. The molecule has 18 heavy (non-hydrogen) atoms. The summed E-state index contributed by atoms with van der Waals surface area (Å²) in [5.41, 5.74) is 3.34. The van der Waals surface area contributed by atoms with E-state index in [4.69, 9.17) is 4.74 Å². The van der Waals surface area contributed by atoms with E-state index < -0.39 is 0 Å². The van der Waals surface area contributed by atoms with Gasteiger partial charge in [-0.25, -0.2) is 0 Å². The number of halogens is 1. The van der Waals surface area contributed by atoms with Crippen molar-refractivity contribution in [1.29, 1.82) is 0 Å². The van der Waals surface area contributed by atoms with Gasteiger partial charge in [0.1, 0.15) is 5.75 Å². The molecular weight excluding hydrogens is 290 g/mol. The summed E-state index contributed by atoms with van der Waals surface area (Å²) in [4.78, 5) is 3.41. The highest BCUT2D eigenvalue weighted by atomic mass is 79.9. The zero-order valence-corrected chi connectivity index (χ0v) is 11.5. The Morgan fingerprint density at radius 1 is 1.06 bits per heavy atom. The Balaban J connectivity index is 2.19. The van der Waals surface area contributed by atoms with Crippen LogP contribution in [0.15, 0.2) is 53.0 Å². The van der Waals surface area contributed by atoms with E-state index in [1.807, 2.05) is 24.3 Å². The molecule has 1 aromatic heterocycles. The van der Waals surface area contributed by atoms with Gasteiger partial charge in [0.2, 0.25) is 0 Å². The minimum absolute atomic E-state index is 0.894. The number of benzene rings is 2. The summed E-state index contributed by atoms with van der Waals surface area (Å²) < 4.78 is 6.45. The van der Waals surface area contributed by atoms with Crippen LogP contribution < -0.4 is 4.74 Å². The molecule has 3 heteroatoms. The second-order valence-corrected chi connectivity index (χ2v) is 5.03. The van der Waals surface area contributed by atoms with Gasteiger partial charge in [0.15, 0.2) is 0 Å². The first-order chi connectivity index (χ1) is 8.78. The number of rotatable bonds is 2. The average Bonchev–Trinajstić information content (AvgIpc) is 2.82. The van der Waals surface area contributed by atoms with Crippen LogP contribution in [-0.2, 0) is 0 Å². The predicted molar refractivity (Wildman–Crippen MR) is 78.0 cm³/mol. The van der Waals surface area contributed by atoms with Crippen molar-refractivity contribution in [2.24, 2.45) is 0 Å². The lowest BCUT2D eigenvalue weighted by molar-refractivity contribution is 0.420. The molecule has 0 spiro atoms. The van der Waals surface area contributed by atoms with Crippen molar-refractivity contribution in [3.8, 4) is 17.0 Å². The molecule has 0 fully saturated rings. The molecule has 1 N–H and O–H groups in total. The molecule has 3 rings (SSSR count). The minimum atomic E-state index is 0.894. The van der Waals surface area contributed by atoms with E-state index in [9.17, 15) is 0 Å². The van der Waals surface area contributed by atoms with Crippen LogP contribution in [-0.4, -0.2) is 12.1 Å². The second kappa shape index (κ2) is 4.50. The highest BCUT2D eigenvalue weighted by molar-refractivity contribution is 9.10.